The minimum Gasteiger partial charge on any atom is -0.317 e. The van der Waals surface area contributed by atoms with Crippen molar-refractivity contribution in [1.29, 1.82) is 0 Å². The second-order valence-corrected chi connectivity index (χ2v) is 4.40. The molecule has 2 rings (SSSR count). The Hall–Kier alpha value is -1.68. The summed E-state index contributed by atoms with van der Waals surface area (Å²) in [5, 5.41) is 10.6. The molecule has 1 saturated heterocycles. The number of amides is 1. The van der Waals surface area contributed by atoms with Crippen LogP contribution in [0.2, 0.25) is 0 Å². The number of rotatable bonds is 4. The molecule has 112 valence electrons. The molecule has 0 spiro atoms. The Kier molecular flexibility index (Phi) is 4.55. The normalized spacial score (nSPS) is 17.1. The molecule has 0 aliphatic carbocycles. The Labute approximate surface area is 112 Å². The lowest BCUT2D eigenvalue weighted by molar-refractivity contribution is -0.184. The van der Waals surface area contributed by atoms with Crippen LogP contribution >= 0.6 is 0 Å². The van der Waals surface area contributed by atoms with E-state index in [2.05, 4.69) is 20.5 Å². The molecule has 0 atom stereocenters. The van der Waals surface area contributed by atoms with Gasteiger partial charge in [0.05, 0.1) is 12.2 Å². The van der Waals surface area contributed by atoms with Crippen molar-refractivity contribution in [2.75, 3.05) is 19.7 Å². The number of alkyl halides is 3. The lowest BCUT2D eigenvalue weighted by atomic mass is 10.1. The maximum Gasteiger partial charge on any atom is 0.414 e. The first-order valence-electron chi connectivity index (χ1n) is 6.07. The summed E-state index contributed by atoms with van der Waals surface area (Å²) in [5.74, 6) is -0.852. The van der Waals surface area contributed by atoms with E-state index < -0.39 is 18.7 Å². The summed E-state index contributed by atoms with van der Waals surface area (Å²) in [6, 6.07) is 0.140. The highest BCUT2D eigenvalue weighted by atomic mass is 19.4. The quantitative estimate of drug-likeness (QED) is 0.787. The molecule has 1 aliphatic rings. The van der Waals surface area contributed by atoms with Crippen molar-refractivity contribution in [3.63, 3.8) is 0 Å². The Morgan fingerprint density at radius 2 is 2.20 bits per heavy atom. The number of nitrogens with one attached hydrogen (secondary N) is 2. The molecule has 0 bridgehead atoms. The van der Waals surface area contributed by atoms with Crippen LogP contribution in [0, 0.1) is 0 Å². The van der Waals surface area contributed by atoms with E-state index in [9.17, 15) is 18.0 Å². The highest BCUT2D eigenvalue weighted by Crippen LogP contribution is 2.17. The SMILES string of the molecule is O=C(NOCC(F)(F)F)c1cn(C2CCNCC2)nn1. The van der Waals surface area contributed by atoms with Gasteiger partial charge in [-0.05, 0) is 25.9 Å². The fourth-order valence-corrected chi connectivity index (χ4v) is 1.87. The number of hydrogen-bond donors (Lipinski definition) is 2. The number of carbonyl (C=O) groups excluding carboxylic acids is 1. The van der Waals surface area contributed by atoms with Gasteiger partial charge in [0.15, 0.2) is 12.3 Å². The topological polar surface area (TPSA) is 81.1 Å². The van der Waals surface area contributed by atoms with E-state index in [1.807, 2.05) is 0 Å². The molecule has 2 heterocycles. The zero-order chi connectivity index (χ0) is 14.6. The number of hydroxylamine groups is 1. The number of aromatic nitrogens is 3. The number of halogens is 3. The molecule has 1 aliphatic heterocycles. The molecule has 7 nitrogen and oxygen atoms in total. The zero-order valence-electron chi connectivity index (χ0n) is 10.5. The number of carbonyl (C=O) groups is 1. The number of piperidine rings is 1. The van der Waals surface area contributed by atoms with Gasteiger partial charge in [-0.25, -0.2) is 10.2 Å². The van der Waals surface area contributed by atoms with Crippen molar-refractivity contribution in [1.82, 2.24) is 25.8 Å². The molecule has 0 aromatic carbocycles. The summed E-state index contributed by atoms with van der Waals surface area (Å²) in [7, 11) is 0. The monoisotopic (exact) mass is 293 g/mol. The molecule has 20 heavy (non-hydrogen) atoms. The average Bonchev–Trinajstić information content (AvgIpc) is 2.88. The van der Waals surface area contributed by atoms with Crippen LogP contribution in [0.4, 0.5) is 13.2 Å². The van der Waals surface area contributed by atoms with E-state index in [1.54, 1.807) is 10.2 Å². The van der Waals surface area contributed by atoms with E-state index in [0.29, 0.717) is 0 Å². The van der Waals surface area contributed by atoms with Gasteiger partial charge in [0.25, 0.3) is 5.91 Å². The maximum absolute atomic E-state index is 11.8. The lowest BCUT2D eigenvalue weighted by Crippen LogP contribution is -2.30. The van der Waals surface area contributed by atoms with E-state index in [4.69, 9.17) is 0 Å². The van der Waals surface area contributed by atoms with E-state index in [1.165, 1.54) is 6.20 Å². The molecule has 1 aromatic rings. The van der Waals surface area contributed by atoms with Gasteiger partial charge in [-0.2, -0.15) is 13.2 Å². The third-order valence-electron chi connectivity index (χ3n) is 2.83. The van der Waals surface area contributed by atoms with Crippen molar-refractivity contribution >= 4 is 5.91 Å². The van der Waals surface area contributed by atoms with Crippen LogP contribution in [-0.2, 0) is 4.84 Å². The first-order chi connectivity index (χ1) is 9.46. The van der Waals surface area contributed by atoms with Gasteiger partial charge in [0.2, 0.25) is 0 Å². The standard InChI is InChI=1S/C10H14F3N5O2/c11-10(12,13)6-20-16-9(19)8-5-18(17-15-8)7-1-3-14-4-2-7/h5,7,14H,1-4,6H2,(H,16,19). The Morgan fingerprint density at radius 3 is 2.85 bits per heavy atom. The summed E-state index contributed by atoms with van der Waals surface area (Å²) in [6.07, 6.45) is -1.38. The van der Waals surface area contributed by atoms with Crippen LogP contribution in [0.5, 0.6) is 0 Å². The van der Waals surface area contributed by atoms with Crippen LogP contribution in [-0.4, -0.2) is 46.8 Å². The van der Waals surface area contributed by atoms with E-state index in [-0.39, 0.29) is 11.7 Å². The van der Waals surface area contributed by atoms with Crippen molar-refractivity contribution in [3.05, 3.63) is 11.9 Å². The number of hydrogen-bond acceptors (Lipinski definition) is 5. The van der Waals surface area contributed by atoms with Gasteiger partial charge in [-0.3, -0.25) is 9.63 Å². The fraction of sp³-hybridized carbons (Fsp3) is 0.700. The molecule has 0 saturated carbocycles. The molecule has 0 radical (unpaired) electrons. The Morgan fingerprint density at radius 1 is 1.50 bits per heavy atom. The molecule has 1 fully saturated rings. The van der Waals surface area contributed by atoms with Crippen LogP contribution < -0.4 is 10.8 Å². The zero-order valence-corrected chi connectivity index (χ0v) is 10.5. The predicted octanol–water partition coefficient (Wildman–Crippen LogP) is 0.426. The molecule has 2 N–H and O–H groups in total. The summed E-state index contributed by atoms with van der Waals surface area (Å²) in [6.45, 7) is 0.142. The first-order valence-corrected chi connectivity index (χ1v) is 6.07. The average molecular weight is 293 g/mol. The minimum atomic E-state index is -4.50. The van der Waals surface area contributed by atoms with Gasteiger partial charge in [0.1, 0.15) is 0 Å². The highest BCUT2D eigenvalue weighted by Gasteiger charge is 2.28. The van der Waals surface area contributed by atoms with Gasteiger partial charge in [-0.1, -0.05) is 5.21 Å². The van der Waals surface area contributed by atoms with E-state index >= 15 is 0 Å². The predicted molar refractivity (Wildman–Crippen MR) is 60.6 cm³/mol. The lowest BCUT2D eigenvalue weighted by Gasteiger charge is -2.22. The van der Waals surface area contributed by atoms with Gasteiger partial charge >= 0.3 is 6.18 Å². The third-order valence-corrected chi connectivity index (χ3v) is 2.83. The van der Waals surface area contributed by atoms with Crippen LogP contribution in [0.25, 0.3) is 0 Å². The molecule has 10 heteroatoms. The maximum atomic E-state index is 11.8. The smallest absolute Gasteiger partial charge is 0.317 e. The van der Waals surface area contributed by atoms with Crippen LogP contribution in [0.15, 0.2) is 6.20 Å². The molecular formula is C10H14F3N5O2. The summed E-state index contributed by atoms with van der Waals surface area (Å²) in [4.78, 5) is 15.6. The van der Waals surface area contributed by atoms with E-state index in [0.717, 1.165) is 25.9 Å². The van der Waals surface area contributed by atoms with Gasteiger partial charge in [0, 0.05) is 0 Å². The van der Waals surface area contributed by atoms with Crippen molar-refractivity contribution in [2.24, 2.45) is 0 Å². The van der Waals surface area contributed by atoms with Crippen molar-refractivity contribution in [3.8, 4) is 0 Å². The fourth-order valence-electron chi connectivity index (χ4n) is 1.87. The summed E-state index contributed by atoms with van der Waals surface area (Å²) < 4.78 is 37.1. The van der Waals surface area contributed by atoms with Crippen molar-refractivity contribution < 1.29 is 22.8 Å². The third kappa shape index (κ3) is 4.17. The number of nitrogens with zero attached hydrogens (tertiary/aromatic N) is 3. The van der Waals surface area contributed by atoms with Crippen molar-refractivity contribution in [2.45, 2.75) is 25.1 Å². The summed E-state index contributed by atoms with van der Waals surface area (Å²) >= 11 is 0. The molecule has 1 aromatic heterocycles. The summed E-state index contributed by atoms with van der Waals surface area (Å²) in [5.41, 5.74) is 1.61. The first kappa shape index (κ1) is 14.7. The largest absolute Gasteiger partial charge is 0.414 e. The molecular weight excluding hydrogens is 279 g/mol. The Balaban J connectivity index is 1.86. The van der Waals surface area contributed by atoms with Gasteiger partial charge < -0.3 is 5.32 Å². The Bertz CT molecular complexity index is 456. The van der Waals surface area contributed by atoms with Crippen LogP contribution in [0.3, 0.4) is 0 Å². The molecule has 0 unspecified atom stereocenters. The molecule has 1 amide bonds. The second-order valence-electron chi connectivity index (χ2n) is 4.40. The van der Waals surface area contributed by atoms with Crippen LogP contribution in [0.1, 0.15) is 29.4 Å². The highest BCUT2D eigenvalue weighted by molar-refractivity contribution is 5.91. The second kappa shape index (κ2) is 6.18. The minimum absolute atomic E-state index is 0.0780. The van der Waals surface area contributed by atoms with Gasteiger partial charge in [-0.15, -0.1) is 5.10 Å².